The van der Waals surface area contributed by atoms with Crippen molar-refractivity contribution in [3.8, 4) is 0 Å². The van der Waals surface area contributed by atoms with Crippen LogP contribution in [0.4, 0.5) is 0 Å². The van der Waals surface area contributed by atoms with Gasteiger partial charge < -0.3 is 5.73 Å². The number of hydrogen-bond donors (Lipinski definition) is 1. The second-order valence-corrected chi connectivity index (χ2v) is 6.13. The molecule has 0 saturated heterocycles. The minimum absolute atomic E-state index is 0.0776. The molecular weight excluding hydrogens is 210 g/mol. The molecule has 0 aromatic rings. The van der Waals surface area contributed by atoms with Gasteiger partial charge in [0.1, 0.15) is 0 Å². The molecule has 0 unspecified atom stereocenters. The van der Waals surface area contributed by atoms with E-state index in [9.17, 15) is 4.79 Å². The third kappa shape index (κ3) is 3.72. The molecule has 2 N–H and O–H groups in total. The van der Waals surface area contributed by atoms with Gasteiger partial charge in [-0.05, 0) is 17.8 Å². The second-order valence-electron chi connectivity index (χ2n) is 6.13. The molecule has 2 heteroatoms. The SMILES string of the molecule is NC(=O)CC(C1CCCCC1)C1CCCCC1. The number of carbonyl (C=O) groups is 1. The van der Waals surface area contributed by atoms with Crippen LogP contribution in [0.1, 0.15) is 70.6 Å². The summed E-state index contributed by atoms with van der Waals surface area (Å²) in [5, 5.41) is 0. The van der Waals surface area contributed by atoms with Crippen molar-refractivity contribution in [2.75, 3.05) is 0 Å². The quantitative estimate of drug-likeness (QED) is 0.797. The summed E-state index contributed by atoms with van der Waals surface area (Å²) < 4.78 is 0. The van der Waals surface area contributed by atoms with E-state index in [0.29, 0.717) is 12.3 Å². The summed E-state index contributed by atoms with van der Waals surface area (Å²) in [7, 11) is 0. The minimum atomic E-state index is -0.0776. The van der Waals surface area contributed by atoms with Crippen molar-refractivity contribution in [2.24, 2.45) is 23.5 Å². The lowest BCUT2D eigenvalue weighted by atomic mass is 9.68. The number of hydrogen-bond acceptors (Lipinski definition) is 1. The average Bonchev–Trinajstić information content (AvgIpc) is 2.38. The smallest absolute Gasteiger partial charge is 0.217 e. The topological polar surface area (TPSA) is 43.1 Å². The standard InChI is InChI=1S/C15H27NO/c16-15(17)11-14(12-7-3-1-4-8-12)13-9-5-2-6-10-13/h12-14H,1-11H2,(H2,16,17). The van der Waals surface area contributed by atoms with E-state index in [-0.39, 0.29) is 5.91 Å². The van der Waals surface area contributed by atoms with Crippen molar-refractivity contribution in [3.63, 3.8) is 0 Å². The minimum Gasteiger partial charge on any atom is -0.370 e. The molecule has 2 aliphatic rings. The predicted molar refractivity (Wildman–Crippen MR) is 70.5 cm³/mol. The highest BCUT2D eigenvalue weighted by molar-refractivity contribution is 5.74. The Labute approximate surface area is 105 Å². The van der Waals surface area contributed by atoms with Crippen LogP contribution in [-0.4, -0.2) is 5.91 Å². The van der Waals surface area contributed by atoms with Gasteiger partial charge in [-0.2, -0.15) is 0 Å². The van der Waals surface area contributed by atoms with Crippen molar-refractivity contribution in [1.29, 1.82) is 0 Å². The zero-order chi connectivity index (χ0) is 12.1. The summed E-state index contributed by atoms with van der Waals surface area (Å²) in [4.78, 5) is 11.3. The summed E-state index contributed by atoms with van der Waals surface area (Å²) in [6.07, 6.45) is 14.3. The van der Waals surface area contributed by atoms with Crippen LogP contribution in [0, 0.1) is 17.8 Å². The van der Waals surface area contributed by atoms with Gasteiger partial charge >= 0.3 is 0 Å². The normalized spacial score (nSPS) is 24.1. The number of primary amides is 1. The van der Waals surface area contributed by atoms with Gasteiger partial charge in [0.2, 0.25) is 5.91 Å². The van der Waals surface area contributed by atoms with E-state index in [1.54, 1.807) is 0 Å². The average molecular weight is 237 g/mol. The lowest BCUT2D eigenvalue weighted by Gasteiger charge is -2.37. The van der Waals surface area contributed by atoms with Gasteiger partial charge in [0.25, 0.3) is 0 Å². The Balaban J connectivity index is 1.97. The molecule has 98 valence electrons. The van der Waals surface area contributed by atoms with Crippen molar-refractivity contribution >= 4 is 5.91 Å². The molecule has 17 heavy (non-hydrogen) atoms. The molecule has 2 aliphatic carbocycles. The first-order valence-electron chi connectivity index (χ1n) is 7.55. The van der Waals surface area contributed by atoms with Crippen LogP contribution in [0.5, 0.6) is 0 Å². The van der Waals surface area contributed by atoms with Crippen LogP contribution in [0.3, 0.4) is 0 Å². The molecule has 0 atom stereocenters. The molecular formula is C15H27NO. The number of rotatable bonds is 4. The Morgan fingerprint density at radius 3 is 1.65 bits per heavy atom. The highest BCUT2D eigenvalue weighted by atomic mass is 16.1. The summed E-state index contributed by atoms with van der Waals surface area (Å²) in [6, 6.07) is 0. The Hall–Kier alpha value is -0.530. The first-order chi connectivity index (χ1) is 8.27. The second kappa shape index (κ2) is 6.42. The van der Waals surface area contributed by atoms with Crippen molar-refractivity contribution in [2.45, 2.75) is 70.6 Å². The van der Waals surface area contributed by atoms with Crippen molar-refractivity contribution in [3.05, 3.63) is 0 Å². The molecule has 2 nitrogen and oxygen atoms in total. The molecule has 2 rings (SSSR count). The largest absolute Gasteiger partial charge is 0.370 e. The van der Waals surface area contributed by atoms with E-state index in [2.05, 4.69) is 0 Å². The van der Waals surface area contributed by atoms with Crippen LogP contribution in [0.15, 0.2) is 0 Å². The molecule has 2 fully saturated rings. The van der Waals surface area contributed by atoms with Crippen LogP contribution < -0.4 is 5.73 Å². The monoisotopic (exact) mass is 237 g/mol. The highest BCUT2D eigenvalue weighted by Gasteiger charge is 2.32. The fourth-order valence-corrected chi connectivity index (χ4v) is 4.08. The van der Waals surface area contributed by atoms with Crippen LogP contribution in [-0.2, 0) is 4.79 Å². The third-order valence-electron chi connectivity index (χ3n) is 4.95. The van der Waals surface area contributed by atoms with E-state index in [0.717, 1.165) is 11.8 Å². The van der Waals surface area contributed by atoms with Gasteiger partial charge in [-0.15, -0.1) is 0 Å². The summed E-state index contributed by atoms with van der Waals surface area (Å²) in [5.41, 5.74) is 5.47. The summed E-state index contributed by atoms with van der Waals surface area (Å²) in [6.45, 7) is 0. The Bertz CT molecular complexity index is 221. The van der Waals surface area contributed by atoms with Gasteiger partial charge in [-0.1, -0.05) is 64.2 Å². The molecule has 0 heterocycles. The molecule has 0 spiro atoms. The van der Waals surface area contributed by atoms with E-state index in [4.69, 9.17) is 5.73 Å². The van der Waals surface area contributed by atoms with Gasteiger partial charge in [0, 0.05) is 6.42 Å². The van der Waals surface area contributed by atoms with Gasteiger partial charge in [0.05, 0.1) is 0 Å². The summed E-state index contributed by atoms with van der Waals surface area (Å²) in [5.74, 6) is 2.11. The number of amides is 1. The maximum absolute atomic E-state index is 11.3. The maximum atomic E-state index is 11.3. The zero-order valence-electron chi connectivity index (χ0n) is 11.0. The lowest BCUT2D eigenvalue weighted by molar-refractivity contribution is -0.120. The van der Waals surface area contributed by atoms with Crippen LogP contribution in [0.2, 0.25) is 0 Å². The molecule has 1 amide bonds. The number of carbonyl (C=O) groups excluding carboxylic acids is 1. The van der Waals surface area contributed by atoms with Crippen molar-refractivity contribution < 1.29 is 4.79 Å². The molecule has 2 saturated carbocycles. The Morgan fingerprint density at radius 2 is 1.29 bits per heavy atom. The molecule has 0 aliphatic heterocycles. The number of nitrogens with two attached hydrogens (primary N) is 1. The highest BCUT2D eigenvalue weighted by Crippen LogP contribution is 2.41. The van der Waals surface area contributed by atoms with Crippen LogP contribution >= 0.6 is 0 Å². The Morgan fingerprint density at radius 1 is 0.882 bits per heavy atom. The fraction of sp³-hybridized carbons (Fsp3) is 0.933. The van der Waals surface area contributed by atoms with E-state index >= 15 is 0 Å². The van der Waals surface area contributed by atoms with Crippen molar-refractivity contribution in [1.82, 2.24) is 0 Å². The van der Waals surface area contributed by atoms with Gasteiger partial charge in [-0.3, -0.25) is 4.79 Å². The maximum Gasteiger partial charge on any atom is 0.217 e. The van der Waals surface area contributed by atoms with E-state index in [1.165, 1.54) is 64.2 Å². The lowest BCUT2D eigenvalue weighted by Crippen LogP contribution is -2.31. The van der Waals surface area contributed by atoms with Gasteiger partial charge in [0.15, 0.2) is 0 Å². The molecule has 0 bridgehead atoms. The third-order valence-corrected chi connectivity index (χ3v) is 4.95. The first-order valence-corrected chi connectivity index (χ1v) is 7.55. The first kappa shape index (κ1) is 12.9. The molecule has 0 aromatic carbocycles. The zero-order valence-corrected chi connectivity index (χ0v) is 11.0. The van der Waals surface area contributed by atoms with Crippen LogP contribution in [0.25, 0.3) is 0 Å². The van der Waals surface area contributed by atoms with Gasteiger partial charge in [-0.25, -0.2) is 0 Å². The van der Waals surface area contributed by atoms with E-state index in [1.807, 2.05) is 0 Å². The molecule has 0 radical (unpaired) electrons. The predicted octanol–water partition coefficient (Wildman–Crippen LogP) is 3.64. The Kier molecular flexibility index (Phi) is 4.87. The fourth-order valence-electron chi connectivity index (χ4n) is 4.08. The summed E-state index contributed by atoms with van der Waals surface area (Å²) >= 11 is 0. The van der Waals surface area contributed by atoms with E-state index < -0.39 is 0 Å². The molecule has 0 aromatic heterocycles.